The summed E-state index contributed by atoms with van der Waals surface area (Å²) >= 11 is 0. The molecule has 0 spiro atoms. The third-order valence-electron chi connectivity index (χ3n) is 4.62. The molecule has 2 aliphatic rings. The number of piperidine rings is 1. The summed E-state index contributed by atoms with van der Waals surface area (Å²) in [6, 6.07) is 0. The largest absolute Gasteiger partial charge is 0.393 e. The van der Waals surface area contributed by atoms with Gasteiger partial charge in [0.2, 0.25) is 0 Å². The second-order valence-electron chi connectivity index (χ2n) is 6.19. The van der Waals surface area contributed by atoms with Crippen molar-refractivity contribution < 1.29 is 9.84 Å². The topological polar surface area (TPSA) is 32.7 Å². The third-order valence-corrected chi connectivity index (χ3v) is 4.62. The van der Waals surface area contributed by atoms with Gasteiger partial charge in [0.15, 0.2) is 0 Å². The fourth-order valence-corrected chi connectivity index (χ4v) is 3.23. The second-order valence-corrected chi connectivity index (χ2v) is 6.19. The zero-order chi connectivity index (χ0) is 12.8. The van der Waals surface area contributed by atoms with Gasteiger partial charge in [-0.05, 0) is 44.1 Å². The Kier molecular flexibility index (Phi) is 5.93. The van der Waals surface area contributed by atoms with Crippen molar-refractivity contribution in [2.24, 2.45) is 11.8 Å². The van der Waals surface area contributed by atoms with E-state index in [1.807, 2.05) is 0 Å². The Balaban J connectivity index is 1.52. The predicted molar refractivity (Wildman–Crippen MR) is 73.6 cm³/mol. The highest BCUT2D eigenvalue weighted by Gasteiger charge is 2.23. The van der Waals surface area contributed by atoms with Gasteiger partial charge in [0.1, 0.15) is 0 Å². The normalized spacial score (nSPS) is 31.7. The molecule has 2 atom stereocenters. The summed E-state index contributed by atoms with van der Waals surface area (Å²) in [5.41, 5.74) is 0. The molecule has 2 heterocycles. The molecule has 0 aromatic rings. The van der Waals surface area contributed by atoms with Crippen molar-refractivity contribution in [3.8, 4) is 0 Å². The summed E-state index contributed by atoms with van der Waals surface area (Å²) in [4.78, 5) is 2.53. The van der Waals surface area contributed by atoms with Gasteiger partial charge in [-0.2, -0.15) is 0 Å². The van der Waals surface area contributed by atoms with Crippen LogP contribution < -0.4 is 0 Å². The first-order valence-electron chi connectivity index (χ1n) is 7.74. The molecule has 0 aromatic carbocycles. The van der Waals surface area contributed by atoms with Crippen LogP contribution in [0.5, 0.6) is 0 Å². The number of aliphatic hydroxyl groups excluding tert-OH is 1. The van der Waals surface area contributed by atoms with Crippen LogP contribution in [0, 0.1) is 11.8 Å². The van der Waals surface area contributed by atoms with Crippen LogP contribution in [0.2, 0.25) is 0 Å². The van der Waals surface area contributed by atoms with Gasteiger partial charge in [-0.1, -0.05) is 19.8 Å². The Bertz CT molecular complexity index is 229. The van der Waals surface area contributed by atoms with Gasteiger partial charge in [-0.15, -0.1) is 0 Å². The Morgan fingerprint density at radius 2 is 1.94 bits per heavy atom. The van der Waals surface area contributed by atoms with Crippen molar-refractivity contribution >= 4 is 0 Å². The quantitative estimate of drug-likeness (QED) is 0.765. The van der Waals surface area contributed by atoms with Crippen LogP contribution in [0.15, 0.2) is 0 Å². The number of rotatable bonds is 5. The smallest absolute Gasteiger partial charge is 0.0590 e. The third kappa shape index (κ3) is 4.52. The maximum absolute atomic E-state index is 9.70. The molecular formula is C15H29NO2. The van der Waals surface area contributed by atoms with Crippen LogP contribution in [0.3, 0.4) is 0 Å². The minimum Gasteiger partial charge on any atom is -0.393 e. The van der Waals surface area contributed by atoms with Gasteiger partial charge in [0, 0.05) is 26.3 Å². The van der Waals surface area contributed by atoms with E-state index in [9.17, 15) is 5.11 Å². The minimum absolute atomic E-state index is 0.0662. The lowest BCUT2D eigenvalue weighted by Gasteiger charge is -2.34. The molecule has 0 saturated carbocycles. The van der Waals surface area contributed by atoms with E-state index >= 15 is 0 Å². The first-order chi connectivity index (χ1) is 8.75. The molecule has 0 aliphatic carbocycles. The molecule has 2 rings (SSSR count). The SMILES string of the molecule is C[C@H]1CN(CCCCC2CCOCC2)CC[C@H]1O. The van der Waals surface area contributed by atoms with Crippen LogP contribution in [-0.4, -0.2) is 49.0 Å². The van der Waals surface area contributed by atoms with Crippen LogP contribution in [0.4, 0.5) is 0 Å². The van der Waals surface area contributed by atoms with Crippen molar-refractivity contribution in [1.82, 2.24) is 4.90 Å². The average molecular weight is 255 g/mol. The minimum atomic E-state index is -0.0662. The van der Waals surface area contributed by atoms with Gasteiger partial charge in [0.25, 0.3) is 0 Å². The average Bonchev–Trinajstić information content (AvgIpc) is 2.40. The van der Waals surface area contributed by atoms with E-state index in [4.69, 9.17) is 4.74 Å². The molecule has 1 N–H and O–H groups in total. The van der Waals surface area contributed by atoms with Crippen molar-refractivity contribution in [1.29, 1.82) is 0 Å². The van der Waals surface area contributed by atoms with Crippen LogP contribution in [0.25, 0.3) is 0 Å². The second kappa shape index (κ2) is 7.46. The zero-order valence-electron chi connectivity index (χ0n) is 11.8. The summed E-state index contributed by atoms with van der Waals surface area (Å²) in [5, 5.41) is 9.70. The Labute approximate surface area is 112 Å². The molecular weight excluding hydrogens is 226 g/mol. The molecule has 0 bridgehead atoms. The summed E-state index contributed by atoms with van der Waals surface area (Å²) in [6.45, 7) is 7.51. The Hall–Kier alpha value is -0.120. The summed E-state index contributed by atoms with van der Waals surface area (Å²) < 4.78 is 5.39. The first-order valence-corrected chi connectivity index (χ1v) is 7.74. The molecule has 3 heteroatoms. The zero-order valence-corrected chi connectivity index (χ0v) is 11.8. The Morgan fingerprint density at radius 3 is 2.67 bits per heavy atom. The van der Waals surface area contributed by atoms with Crippen LogP contribution in [0.1, 0.15) is 45.4 Å². The standard InChI is InChI=1S/C15H29NO2/c1-13-12-16(9-5-15(13)17)8-3-2-4-14-6-10-18-11-7-14/h13-15,17H,2-12H2,1H3/t13-,15+/m0/s1. The molecule has 2 saturated heterocycles. The number of likely N-dealkylation sites (tertiary alicyclic amines) is 1. The molecule has 0 unspecified atom stereocenters. The monoisotopic (exact) mass is 255 g/mol. The molecule has 2 aliphatic heterocycles. The summed E-state index contributed by atoms with van der Waals surface area (Å²) in [6.07, 6.45) is 7.50. The molecule has 18 heavy (non-hydrogen) atoms. The number of unbranched alkanes of at least 4 members (excludes halogenated alkanes) is 1. The van der Waals surface area contributed by atoms with Crippen LogP contribution in [-0.2, 0) is 4.74 Å². The number of aliphatic hydroxyl groups is 1. The fraction of sp³-hybridized carbons (Fsp3) is 1.00. The van der Waals surface area contributed by atoms with E-state index in [-0.39, 0.29) is 6.10 Å². The van der Waals surface area contributed by atoms with Gasteiger partial charge in [-0.25, -0.2) is 0 Å². The molecule has 0 aromatic heterocycles. The van der Waals surface area contributed by atoms with E-state index in [1.165, 1.54) is 38.6 Å². The lowest BCUT2D eigenvalue weighted by molar-refractivity contribution is 0.0338. The fourth-order valence-electron chi connectivity index (χ4n) is 3.23. The van der Waals surface area contributed by atoms with Gasteiger partial charge >= 0.3 is 0 Å². The van der Waals surface area contributed by atoms with Crippen LogP contribution >= 0.6 is 0 Å². The van der Waals surface area contributed by atoms with E-state index in [0.29, 0.717) is 5.92 Å². The molecule has 3 nitrogen and oxygen atoms in total. The van der Waals surface area contributed by atoms with Gasteiger partial charge in [-0.3, -0.25) is 0 Å². The number of hydrogen-bond donors (Lipinski definition) is 1. The highest BCUT2D eigenvalue weighted by molar-refractivity contribution is 4.77. The highest BCUT2D eigenvalue weighted by Crippen LogP contribution is 2.21. The van der Waals surface area contributed by atoms with E-state index in [0.717, 1.165) is 38.6 Å². The lowest BCUT2D eigenvalue weighted by atomic mass is 9.93. The van der Waals surface area contributed by atoms with E-state index in [1.54, 1.807) is 0 Å². The summed E-state index contributed by atoms with van der Waals surface area (Å²) in [5.74, 6) is 1.37. The van der Waals surface area contributed by atoms with Gasteiger partial charge in [0.05, 0.1) is 6.10 Å². The maximum Gasteiger partial charge on any atom is 0.0590 e. The molecule has 0 amide bonds. The van der Waals surface area contributed by atoms with E-state index in [2.05, 4.69) is 11.8 Å². The molecule has 106 valence electrons. The van der Waals surface area contributed by atoms with E-state index < -0.39 is 0 Å². The maximum atomic E-state index is 9.70. The summed E-state index contributed by atoms with van der Waals surface area (Å²) in [7, 11) is 0. The van der Waals surface area contributed by atoms with Gasteiger partial charge < -0.3 is 14.7 Å². The van der Waals surface area contributed by atoms with Crippen molar-refractivity contribution in [3.05, 3.63) is 0 Å². The molecule has 0 radical (unpaired) electrons. The lowest BCUT2D eigenvalue weighted by Crippen LogP contribution is -2.42. The number of ether oxygens (including phenoxy) is 1. The predicted octanol–water partition coefficient (Wildman–Crippen LogP) is 2.29. The van der Waals surface area contributed by atoms with Crippen molar-refractivity contribution in [2.75, 3.05) is 32.8 Å². The highest BCUT2D eigenvalue weighted by atomic mass is 16.5. The van der Waals surface area contributed by atoms with Crippen molar-refractivity contribution in [3.63, 3.8) is 0 Å². The Morgan fingerprint density at radius 1 is 1.17 bits per heavy atom. The number of hydrogen-bond acceptors (Lipinski definition) is 3. The first kappa shape index (κ1) is 14.3. The number of nitrogens with zero attached hydrogens (tertiary/aromatic N) is 1. The van der Waals surface area contributed by atoms with Crippen molar-refractivity contribution in [2.45, 2.75) is 51.6 Å². The molecule has 2 fully saturated rings.